The molecule has 0 aromatic carbocycles. The Bertz CT molecular complexity index is 455. The lowest BCUT2D eigenvalue weighted by Crippen LogP contribution is -2.34. The molecule has 5 nitrogen and oxygen atoms in total. The number of carbonyl (C=O) groups is 1. The molecule has 0 saturated carbocycles. The van der Waals surface area contributed by atoms with Crippen molar-refractivity contribution in [1.82, 2.24) is 14.5 Å². The Morgan fingerprint density at radius 3 is 2.84 bits per heavy atom. The molecular weight excluding hydrogens is 242 g/mol. The highest BCUT2D eigenvalue weighted by atomic mass is 16.4. The summed E-state index contributed by atoms with van der Waals surface area (Å²) in [4.78, 5) is 17.9. The molecule has 5 heteroatoms. The molecular formula is C14H23N3O2. The summed E-state index contributed by atoms with van der Waals surface area (Å²) < 4.78 is 2.15. The van der Waals surface area contributed by atoms with E-state index in [0.717, 1.165) is 25.2 Å². The van der Waals surface area contributed by atoms with Crippen molar-refractivity contribution in [3.05, 3.63) is 18.2 Å². The SMILES string of the molecule is CCC1(C(=O)O)CCN(Cc2cncn2C(C)C)C1. The highest BCUT2D eigenvalue weighted by molar-refractivity contribution is 5.75. The topological polar surface area (TPSA) is 58.4 Å². The van der Waals surface area contributed by atoms with Crippen LogP contribution in [0.1, 0.15) is 45.3 Å². The van der Waals surface area contributed by atoms with E-state index in [1.165, 1.54) is 0 Å². The monoisotopic (exact) mass is 265 g/mol. The molecule has 1 unspecified atom stereocenters. The molecule has 1 saturated heterocycles. The first kappa shape index (κ1) is 14.1. The van der Waals surface area contributed by atoms with Gasteiger partial charge in [-0.05, 0) is 33.2 Å². The maximum atomic E-state index is 11.4. The van der Waals surface area contributed by atoms with Crippen molar-refractivity contribution < 1.29 is 9.90 Å². The Balaban J connectivity index is 2.06. The molecule has 0 radical (unpaired) electrons. The van der Waals surface area contributed by atoms with Gasteiger partial charge in [0.15, 0.2) is 0 Å². The van der Waals surface area contributed by atoms with Crippen molar-refractivity contribution in [2.24, 2.45) is 5.41 Å². The lowest BCUT2D eigenvalue weighted by Gasteiger charge is -2.23. The van der Waals surface area contributed by atoms with E-state index >= 15 is 0 Å². The second-order valence-electron chi connectivity index (χ2n) is 5.79. The smallest absolute Gasteiger partial charge is 0.310 e. The zero-order valence-electron chi connectivity index (χ0n) is 12.0. The summed E-state index contributed by atoms with van der Waals surface area (Å²) in [5, 5.41) is 9.41. The number of carboxylic acid groups (broad SMARTS) is 1. The van der Waals surface area contributed by atoms with Crippen molar-refractivity contribution in [1.29, 1.82) is 0 Å². The van der Waals surface area contributed by atoms with E-state index in [1.807, 2.05) is 19.4 Å². The van der Waals surface area contributed by atoms with Gasteiger partial charge in [0.05, 0.1) is 17.4 Å². The lowest BCUT2D eigenvalue weighted by molar-refractivity contribution is -0.148. The molecule has 1 atom stereocenters. The Hall–Kier alpha value is -1.36. The highest BCUT2D eigenvalue weighted by Gasteiger charge is 2.43. The summed E-state index contributed by atoms with van der Waals surface area (Å²) in [6.45, 7) is 8.50. The van der Waals surface area contributed by atoms with Gasteiger partial charge in [0.1, 0.15) is 0 Å². The maximum absolute atomic E-state index is 11.4. The third kappa shape index (κ3) is 2.66. The van der Waals surface area contributed by atoms with Crippen molar-refractivity contribution in [3.63, 3.8) is 0 Å². The summed E-state index contributed by atoms with van der Waals surface area (Å²) in [6, 6.07) is 0.385. The number of aliphatic carboxylic acids is 1. The molecule has 1 aromatic rings. The van der Waals surface area contributed by atoms with E-state index in [0.29, 0.717) is 19.0 Å². The Labute approximate surface area is 114 Å². The predicted octanol–water partition coefficient (Wildman–Crippen LogP) is 2.15. The fraction of sp³-hybridized carbons (Fsp3) is 0.714. The van der Waals surface area contributed by atoms with Gasteiger partial charge in [-0.2, -0.15) is 0 Å². The number of hydrogen-bond acceptors (Lipinski definition) is 3. The summed E-state index contributed by atoms with van der Waals surface area (Å²) in [6.07, 6.45) is 5.17. The first-order valence-corrected chi connectivity index (χ1v) is 6.95. The molecule has 0 spiro atoms. The van der Waals surface area contributed by atoms with Gasteiger partial charge in [0.2, 0.25) is 0 Å². The summed E-state index contributed by atoms with van der Waals surface area (Å²) in [5.74, 6) is -0.658. The van der Waals surface area contributed by atoms with E-state index in [1.54, 1.807) is 0 Å². The predicted molar refractivity (Wildman–Crippen MR) is 72.9 cm³/mol. The third-order valence-electron chi connectivity index (χ3n) is 4.25. The van der Waals surface area contributed by atoms with Gasteiger partial charge in [-0.3, -0.25) is 9.69 Å². The van der Waals surface area contributed by atoms with E-state index in [9.17, 15) is 9.90 Å². The number of likely N-dealkylation sites (tertiary alicyclic amines) is 1. The highest BCUT2D eigenvalue weighted by Crippen LogP contribution is 2.34. The number of aromatic nitrogens is 2. The Kier molecular flexibility index (Phi) is 3.94. The molecule has 2 rings (SSSR count). The van der Waals surface area contributed by atoms with Crippen LogP contribution in [0, 0.1) is 5.41 Å². The molecule has 0 amide bonds. The molecule has 2 heterocycles. The zero-order chi connectivity index (χ0) is 14.0. The van der Waals surface area contributed by atoms with Crippen molar-refractivity contribution >= 4 is 5.97 Å². The second kappa shape index (κ2) is 5.33. The second-order valence-corrected chi connectivity index (χ2v) is 5.79. The van der Waals surface area contributed by atoms with Gasteiger partial charge in [-0.25, -0.2) is 4.98 Å². The van der Waals surface area contributed by atoms with Crippen LogP contribution in [0.3, 0.4) is 0 Å². The van der Waals surface area contributed by atoms with Crippen LogP contribution in [0.25, 0.3) is 0 Å². The van der Waals surface area contributed by atoms with Gasteiger partial charge in [-0.1, -0.05) is 6.92 Å². The van der Waals surface area contributed by atoms with E-state index in [-0.39, 0.29) is 0 Å². The molecule has 0 aliphatic carbocycles. The van der Waals surface area contributed by atoms with Crippen LogP contribution in [0.5, 0.6) is 0 Å². The van der Waals surface area contributed by atoms with Crippen molar-refractivity contribution in [3.8, 4) is 0 Å². The minimum absolute atomic E-state index is 0.385. The largest absolute Gasteiger partial charge is 0.481 e. The average molecular weight is 265 g/mol. The van der Waals surface area contributed by atoms with Crippen molar-refractivity contribution in [2.75, 3.05) is 13.1 Å². The number of nitrogens with zero attached hydrogens (tertiary/aromatic N) is 3. The fourth-order valence-electron chi connectivity index (χ4n) is 2.86. The van der Waals surface area contributed by atoms with Crippen LogP contribution < -0.4 is 0 Å². The maximum Gasteiger partial charge on any atom is 0.310 e. The molecule has 106 valence electrons. The van der Waals surface area contributed by atoms with Crippen LogP contribution in [-0.2, 0) is 11.3 Å². The number of hydrogen-bond donors (Lipinski definition) is 1. The molecule has 19 heavy (non-hydrogen) atoms. The minimum atomic E-state index is -0.658. The summed E-state index contributed by atoms with van der Waals surface area (Å²) in [7, 11) is 0. The van der Waals surface area contributed by atoms with E-state index in [4.69, 9.17) is 0 Å². The normalized spacial score (nSPS) is 24.2. The van der Waals surface area contributed by atoms with Gasteiger partial charge in [-0.15, -0.1) is 0 Å². The van der Waals surface area contributed by atoms with E-state index < -0.39 is 11.4 Å². The zero-order valence-corrected chi connectivity index (χ0v) is 12.0. The summed E-state index contributed by atoms with van der Waals surface area (Å²) in [5.41, 5.74) is 0.607. The average Bonchev–Trinajstić information content (AvgIpc) is 2.97. The minimum Gasteiger partial charge on any atom is -0.481 e. The number of carboxylic acids is 1. The Morgan fingerprint density at radius 1 is 1.58 bits per heavy atom. The van der Waals surface area contributed by atoms with Crippen LogP contribution in [0.15, 0.2) is 12.5 Å². The standard InChI is InChI=1S/C14H23N3O2/c1-4-14(13(18)19)5-6-16(9-14)8-12-7-15-10-17(12)11(2)3/h7,10-11H,4-6,8-9H2,1-3H3,(H,18,19). The first-order chi connectivity index (χ1) is 8.98. The summed E-state index contributed by atoms with van der Waals surface area (Å²) >= 11 is 0. The number of imidazole rings is 1. The van der Waals surface area contributed by atoms with Crippen LogP contribution in [-0.4, -0.2) is 38.6 Å². The van der Waals surface area contributed by atoms with Gasteiger partial charge >= 0.3 is 5.97 Å². The van der Waals surface area contributed by atoms with Gasteiger partial charge in [0.25, 0.3) is 0 Å². The third-order valence-corrected chi connectivity index (χ3v) is 4.25. The van der Waals surface area contributed by atoms with Crippen molar-refractivity contribution in [2.45, 2.75) is 46.2 Å². The Morgan fingerprint density at radius 2 is 2.32 bits per heavy atom. The first-order valence-electron chi connectivity index (χ1n) is 6.95. The molecule has 1 aromatic heterocycles. The lowest BCUT2D eigenvalue weighted by atomic mass is 9.84. The van der Waals surface area contributed by atoms with Gasteiger partial charge < -0.3 is 9.67 Å². The quantitative estimate of drug-likeness (QED) is 0.886. The molecule has 1 N–H and O–H groups in total. The molecule has 1 aliphatic rings. The van der Waals surface area contributed by atoms with E-state index in [2.05, 4.69) is 28.3 Å². The molecule has 1 fully saturated rings. The van der Waals surface area contributed by atoms with Gasteiger partial charge in [0, 0.05) is 25.3 Å². The molecule has 0 bridgehead atoms. The van der Waals surface area contributed by atoms with Crippen LogP contribution in [0.2, 0.25) is 0 Å². The molecule has 1 aliphatic heterocycles. The fourth-order valence-corrected chi connectivity index (χ4v) is 2.86. The van der Waals surface area contributed by atoms with Crippen LogP contribution >= 0.6 is 0 Å². The number of rotatable bonds is 5. The van der Waals surface area contributed by atoms with Crippen LogP contribution in [0.4, 0.5) is 0 Å².